The molecule has 4 heteroatoms. The van der Waals surface area contributed by atoms with Crippen molar-refractivity contribution in [1.29, 1.82) is 0 Å². The van der Waals surface area contributed by atoms with Gasteiger partial charge in [-0.3, -0.25) is 9.69 Å². The number of amides is 1. The molecular formula is C12H20N2O2. The highest BCUT2D eigenvalue weighted by Crippen LogP contribution is 2.08. The van der Waals surface area contributed by atoms with E-state index in [2.05, 4.69) is 16.1 Å². The number of terminal acetylenes is 1. The van der Waals surface area contributed by atoms with Gasteiger partial charge in [0.25, 0.3) is 0 Å². The molecule has 1 saturated heterocycles. The second-order valence-corrected chi connectivity index (χ2v) is 3.83. The Morgan fingerprint density at radius 2 is 2.50 bits per heavy atom. The molecule has 0 saturated carbocycles. The molecule has 90 valence electrons. The number of ether oxygens (including phenoxy) is 1. The molecule has 0 spiro atoms. The van der Waals surface area contributed by atoms with Crippen LogP contribution in [0.15, 0.2) is 0 Å². The lowest BCUT2D eigenvalue weighted by atomic mass is 10.2. The molecule has 1 unspecified atom stereocenters. The highest BCUT2D eigenvalue weighted by Gasteiger charge is 2.28. The summed E-state index contributed by atoms with van der Waals surface area (Å²) < 4.78 is 5.34. The maximum atomic E-state index is 11.8. The number of hydrogen-bond donors (Lipinski definition) is 1. The van der Waals surface area contributed by atoms with Crippen LogP contribution >= 0.6 is 0 Å². The Hall–Kier alpha value is -1.05. The van der Waals surface area contributed by atoms with E-state index in [0.29, 0.717) is 19.8 Å². The average Bonchev–Trinajstić information content (AvgIpc) is 2.30. The zero-order valence-electron chi connectivity index (χ0n) is 9.87. The molecular weight excluding hydrogens is 204 g/mol. The highest BCUT2D eigenvalue weighted by atomic mass is 16.5. The first kappa shape index (κ1) is 13.0. The predicted molar refractivity (Wildman–Crippen MR) is 62.9 cm³/mol. The Bertz CT molecular complexity index is 260. The lowest BCUT2D eigenvalue weighted by molar-refractivity contribution is -0.132. The van der Waals surface area contributed by atoms with Gasteiger partial charge in [-0.2, -0.15) is 0 Å². The zero-order chi connectivity index (χ0) is 11.8. The van der Waals surface area contributed by atoms with Crippen LogP contribution in [0.1, 0.15) is 19.8 Å². The number of rotatable bonds is 5. The molecule has 0 aromatic carbocycles. The fourth-order valence-corrected chi connectivity index (χ4v) is 1.82. The van der Waals surface area contributed by atoms with Crippen molar-refractivity contribution in [2.24, 2.45) is 0 Å². The molecule has 1 amide bonds. The summed E-state index contributed by atoms with van der Waals surface area (Å²) in [5, 5.41) is 2.83. The molecule has 1 atom stereocenters. The SMILES string of the molecule is C#CCCCN1CCOCC1C(=O)NCC. The molecule has 1 fully saturated rings. The Morgan fingerprint density at radius 3 is 3.19 bits per heavy atom. The summed E-state index contributed by atoms with van der Waals surface area (Å²) in [7, 11) is 0. The van der Waals surface area contributed by atoms with Crippen molar-refractivity contribution in [3.63, 3.8) is 0 Å². The largest absolute Gasteiger partial charge is 0.378 e. The van der Waals surface area contributed by atoms with Gasteiger partial charge >= 0.3 is 0 Å². The summed E-state index contributed by atoms with van der Waals surface area (Å²) >= 11 is 0. The number of carbonyl (C=O) groups is 1. The second kappa shape index (κ2) is 7.26. The van der Waals surface area contributed by atoms with Crippen molar-refractivity contribution in [2.45, 2.75) is 25.8 Å². The molecule has 0 bridgehead atoms. The van der Waals surface area contributed by atoms with Gasteiger partial charge in [0.15, 0.2) is 0 Å². The summed E-state index contributed by atoms with van der Waals surface area (Å²) in [5.41, 5.74) is 0. The maximum Gasteiger partial charge on any atom is 0.239 e. The monoisotopic (exact) mass is 224 g/mol. The van der Waals surface area contributed by atoms with E-state index in [4.69, 9.17) is 11.2 Å². The molecule has 0 aromatic heterocycles. The summed E-state index contributed by atoms with van der Waals surface area (Å²) in [6, 6.07) is -0.147. The molecule has 4 nitrogen and oxygen atoms in total. The molecule has 1 N–H and O–H groups in total. The zero-order valence-corrected chi connectivity index (χ0v) is 9.87. The van der Waals surface area contributed by atoms with Crippen LogP contribution in [0.2, 0.25) is 0 Å². The summed E-state index contributed by atoms with van der Waals surface area (Å²) in [6.45, 7) is 5.45. The highest BCUT2D eigenvalue weighted by molar-refractivity contribution is 5.81. The topological polar surface area (TPSA) is 41.6 Å². The lowest BCUT2D eigenvalue weighted by Crippen LogP contribution is -2.53. The van der Waals surface area contributed by atoms with Gasteiger partial charge in [-0.1, -0.05) is 0 Å². The van der Waals surface area contributed by atoms with Gasteiger partial charge in [-0.15, -0.1) is 12.3 Å². The van der Waals surface area contributed by atoms with Crippen LogP contribution < -0.4 is 5.32 Å². The molecule has 1 rings (SSSR count). The number of nitrogens with zero attached hydrogens (tertiary/aromatic N) is 1. The van der Waals surface area contributed by atoms with Crippen LogP contribution in [-0.4, -0.2) is 49.7 Å². The van der Waals surface area contributed by atoms with Crippen LogP contribution in [0.3, 0.4) is 0 Å². The first-order chi connectivity index (χ1) is 7.79. The maximum absolute atomic E-state index is 11.8. The van der Waals surface area contributed by atoms with Crippen molar-refractivity contribution in [3.8, 4) is 12.3 Å². The second-order valence-electron chi connectivity index (χ2n) is 3.83. The van der Waals surface area contributed by atoms with E-state index in [-0.39, 0.29) is 11.9 Å². The molecule has 1 aliphatic heterocycles. The van der Waals surface area contributed by atoms with Crippen LogP contribution in [0.25, 0.3) is 0 Å². The Morgan fingerprint density at radius 1 is 1.69 bits per heavy atom. The number of nitrogens with one attached hydrogen (secondary N) is 1. The number of hydrogen-bond acceptors (Lipinski definition) is 3. The minimum Gasteiger partial charge on any atom is -0.378 e. The Labute approximate surface area is 97.3 Å². The third kappa shape index (κ3) is 3.84. The van der Waals surface area contributed by atoms with Crippen molar-refractivity contribution >= 4 is 5.91 Å². The van der Waals surface area contributed by atoms with Crippen LogP contribution in [0, 0.1) is 12.3 Å². The molecule has 1 aliphatic rings. The fourth-order valence-electron chi connectivity index (χ4n) is 1.82. The van der Waals surface area contributed by atoms with Gasteiger partial charge in [-0.05, 0) is 13.3 Å². The van der Waals surface area contributed by atoms with E-state index in [1.807, 2.05) is 6.92 Å². The first-order valence-electron chi connectivity index (χ1n) is 5.82. The number of carbonyl (C=O) groups excluding carboxylic acids is 1. The van der Waals surface area contributed by atoms with E-state index in [9.17, 15) is 4.79 Å². The Kier molecular flexibility index (Phi) is 5.91. The normalized spacial score (nSPS) is 21.4. The lowest BCUT2D eigenvalue weighted by Gasteiger charge is -2.34. The van der Waals surface area contributed by atoms with E-state index >= 15 is 0 Å². The summed E-state index contributed by atoms with van der Waals surface area (Å²) in [6.07, 6.45) is 6.91. The van der Waals surface area contributed by atoms with E-state index in [1.54, 1.807) is 0 Å². The van der Waals surface area contributed by atoms with Crippen LogP contribution in [0.5, 0.6) is 0 Å². The average molecular weight is 224 g/mol. The van der Waals surface area contributed by atoms with Crippen LogP contribution in [0.4, 0.5) is 0 Å². The van der Waals surface area contributed by atoms with Crippen molar-refractivity contribution in [3.05, 3.63) is 0 Å². The summed E-state index contributed by atoms with van der Waals surface area (Å²) in [5.74, 6) is 2.68. The number of likely N-dealkylation sites (N-methyl/N-ethyl adjacent to an activating group) is 1. The van der Waals surface area contributed by atoms with Crippen molar-refractivity contribution in [1.82, 2.24) is 10.2 Å². The quantitative estimate of drug-likeness (QED) is 0.537. The fraction of sp³-hybridized carbons (Fsp3) is 0.750. The van der Waals surface area contributed by atoms with E-state index in [0.717, 1.165) is 25.9 Å². The van der Waals surface area contributed by atoms with Gasteiger partial charge in [0, 0.05) is 26.1 Å². The van der Waals surface area contributed by atoms with Crippen molar-refractivity contribution < 1.29 is 9.53 Å². The molecule has 0 radical (unpaired) electrons. The molecule has 1 heterocycles. The minimum atomic E-state index is -0.147. The van der Waals surface area contributed by atoms with Crippen LogP contribution in [-0.2, 0) is 9.53 Å². The van der Waals surface area contributed by atoms with E-state index < -0.39 is 0 Å². The smallest absolute Gasteiger partial charge is 0.239 e. The van der Waals surface area contributed by atoms with Gasteiger partial charge < -0.3 is 10.1 Å². The summed E-state index contributed by atoms with van der Waals surface area (Å²) in [4.78, 5) is 13.9. The van der Waals surface area contributed by atoms with Gasteiger partial charge in [0.1, 0.15) is 6.04 Å². The Balaban J connectivity index is 2.43. The third-order valence-electron chi connectivity index (χ3n) is 2.66. The molecule has 16 heavy (non-hydrogen) atoms. The van der Waals surface area contributed by atoms with E-state index in [1.165, 1.54) is 0 Å². The third-order valence-corrected chi connectivity index (χ3v) is 2.66. The van der Waals surface area contributed by atoms with Gasteiger partial charge in [0.2, 0.25) is 5.91 Å². The first-order valence-corrected chi connectivity index (χ1v) is 5.82. The molecule has 0 aliphatic carbocycles. The van der Waals surface area contributed by atoms with Crippen molar-refractivity contribution in [2.75, 3.05) is 32.8 Å². The standard InChI is InChI=1S/C12H20N2O2/c1-3-5-6-7-14-8-9-16-10-11(14)12(15)13-4-2/h1,11H,4-10H2,2H3,(H,13,15). The number of morpholine rings is 1. The number of unbranched alkanes of at least 4 members (excludes halogenated alkanes) is 1. The predicted octanol–water partition coefficient (Wildman–Crippen LogP) is 0.237. The van der Waals surface area contributed by atoms with Gasteiger partial charge in [0.05, 0.1) is 13.2 Å². The van der Waals surface area contributed by atoms with Gasteiger partial charge in [-0.25, -0.2) is 0 Å². The minimum absolute atomic E-state index is 0.0582. The molecule has 0 aromatic rings.